The van der Waals surface area contributed by atoms with Crippen LogP contribution in [-0.2, 0) is 23.7 Å². The van der Waals surface area contributed by atoms with Crippen molar-refractivity contribution in [1.82, 2.24) is 5.32 Å². The van der Waals surface area contributed by atoms with E-state index in [9.17, 15) is 45.6 Å². The summed E-state index contributed by atoms with van der Waals surface area (Å²) in [5.41, 5.74) is 0. The van der Waals surface area contributed by atoms with Crippen LogP contribution in [0, 0.1) is 0 Å². The Morgan fingerprint density at radius 1 is 0.471 bits per heavy atom. The SMILES string of the molecule is CCCCCCCCCCCCCCCCCCCCCCCC(=O)N[C@@H](CO[C@@H]1OC(CO)[C@@H](O[C@@H]2OC(CO)[C@H](O)[C@H](O)C2O)[C@H](O)C1O)[C@H](O)CCCCCCCCCCCCCCC. The lowest BCUT2D eigenvalue weighted by molar-refractivity contribution is -0.359. The molecular weight excluding hydrogens is 871 g/mol. The summed E-state index contributed by atoms with van der Waals surface area (Å²) in [5.74, 6) is -0.202. The number of aliphatic hydroxyl groups excluding tert-OH is 8. The predicted molar refractivity (Wildman–Crippen MR) is 268 cm³/mol. The molecule has 2 fully saturated rings. The third-order valence-electron chi connectivity index (χ3n) is 14.3. The average Bonchev–Trinajstić information content (AvgIpc) is 3.34. The van der Waals surface area contributed by atoms with Crippen molar-refractivity contribution in [3.63, 3.8) is 0 Å². The largest absolute Gasteiger partial charge is 0.394 e. The molecule has 2 heterocycles. The molecule has 0 bridgehead atoms. The number of aliphatic hydroxyl groups is 8. The van der Waals surface area contributed by atoms with Gasteiger partial charge >= 0.3 is 0 Å². The van der Waals surface area contributed by atoms with Gasteiger partial charge in [-0.05, 0) is 12.8 Å². The van der Waals surface area contributed by atoms with E-state index in [1.54, 1.807) is 0 Å². The number of amides is 1. The maximum absolute atomic E-state index is 13.2. The van der Waals surface area contributed by atoms with Crippen molar-refractivity contribution in [3.05, 3.63) is 0 Å². The van der Waals surface area contributed by atoms with Gasteiger partial charge in [-0.2, -0.15) is 0 Å². The van der Waals surface area contributed by atoms with Crippen LogP contribution in [0.2, 0.25) is 0 Å². The van der Waals surface area contributed by atoms with Gasteiger partial charge in [0.05, 0.1) is 32.0 Å². The number of hydrogen-bond donors (Lipinski definition) is 9. The Balaban J connectivity index is 1.75. The lowest BCUT2D eigenvalue weighted by Crippen LogP contribution is -2.65. The van der Waals surface area contributed by atoms with Crippen LogP contribution < -0.4 is 5.32 Å². The standard InChI is InChI=1S/C54H105NO13/c1-3-5-7-9-11-13-15-17-18-19-20-21-22-23-24-26-28-30-32-34-36-38-46(59)55-42(43(58)37-35-33-31-29-27-25-16-14-12-10-8-6-4-2)41-65-53-51(64)49(62)52(45(40-57)67-53)68-54-50(63)48(61)47(60)44(39-56)66-54/h42-45,47-54,56-58,60-64H,3-41H2,1-2H3,(H,55,59)/t42-,43+,44?,45?,47-,48-,49+,50?,51?,52+,53+,54-/m0/s1. The molecule has 0 aromatic heterocycles. The molecule has 1 amide bonds. The first-order valence-electron chi connectivity index (χ1n) is 28.3. The van der Waals surface area contributed by atoms with Crippen molar-refractivity contribution in [2.75, 3.05) is 19.8 Å². The van der Waals surface area contributed by atoms with E-state index >= 15 is 0 Å². The second-order valence-corrected chi connectivity index (χ2v) is 20.4. The lowest BCUT2D eigenvalue weighted by Gasteiger charge is -2.46. The van der Waals surface area contributed by atoms with Gasteiger partial charge in [0.25, 0.3) is 0 Å². The second-order valence-electron chi connectivity index (χ2n) is 20.4. The molecule has 9 N–H and O–H groups in total. The zero-order valence-corrected chi connectivity index (χ0v) is 43.1. The average molecular weight is 976 g/mol. The molecule has 0 aromatic carbocycles. The Morgan fingerprint density at radius 2 is 0.838 bits per heavy atom. The smallest absolute Gasteiger partial charge is 0.220 e. The van der Waals surface area contributed by atoms with Gasteiger partial charge in [0, 0.05) is 6.42 Å². The summed E-state index contributed by atoms with van der Waals surface area (Å²) in [6, 6.07) is -0.821. The van der Waals surface area contributed by atoms with Gasteiger partial charge in [-0.1, -0.05) is 226 Å². The van der Waals surface area contributed by atoms with Crippen LogP contribution in [0.1, 0.15) is 245 Å². The minimum absolute atomic E-state index is 0.202. The van der Waals surface area contributed by atoms with E-state index in [0.29, 0.717) is 12.8 Å². The van der Waals surface area contributed by atoms with Gasteiger partial charge < -0.3 is 65.1 Å². The molecule has 4 unspecified atom stereocenters. The molecule has 2 aliphatic rings. The highest BCUT2D eigenvalue weighted by molar-refractivity contribution is 5.76. The van der Waals surface area contributed by atoms with E-state index in [-0.39, 0.29) is 12.5 Å². The van der Waals surface area contributed by atoms with Crippen LogP contribution in [0.25, 0.3) is 0 Å². The monoisotopic (exact) mass is 976 g/mol. The van der Waals surface area contributed by atoms with Gasteiger partial charge in [-0.15, -0.1) is 0 Å². The Bertz CT molecular complexity index is 1150. The summed E-state index contributed by atoms with van der Waals surface area (Å²) in [5, 5.41) is 87.0. The molecule has 14 heteroatoms. The van der Waals surface area contributed by atoms with Gasteiger partial charge in [0.1, 0.15) is 48.8 Å². The Hall–Kier alpha value is -1.01. The summed E-state index contributed by atoms with van der Waals surface area (Å²) in [6.07, 6.45) is 26.7. The summed E-state index contributed by atoms with van der Waals surface area (Å²) in [6.45, 7) is 2.88. The molecular formula is C54H105NO13. The van der Waals surface area contributed by atoms with Crippen molar-refractivity contribution in [2.24, 2.45) is 0 Å². The fraction of sp³-hybridized carbons (Fsp3) is 0.981. The summed E-state index contributed by atoms with van der Waals surface area (Å²) >= 11 is 0. The molecule has 0 radical (unpaired) electrons. The summed E-state index contributed by atoms with van der Waals surface area (Å²) in [7, 11) is 0. The topological polar surface area (TPSA) is 228 Å². The summed E-state index contributed by atoms with van der Waals surface area (Å²) in [4.78, 5) is 13.2. The molecule has 0 aliphatic carbocycles. The highest BCUT2D eigenvalue weighted by Crippen LogP contribution is 2.30. The van der Waals surface area contributed by atoms with Crippen molar-refractivity contribution in [3.8, 4) is 0 Å². The van der Waals surface area contributed by atoms with E-state index in [1.807, 2.05) is 0 Å². The second kappa shape index (κ2) is 41.5. The Morgan fingerprint density at radius 3 is 1.25 bits per heavy atom. The molecule has 404 valence electrons. The van der Waals surface area contributed by atoms with Crippen LogP contribution in [0.5, 0.6) is 0 Å². The third kappa shape index (κ3) is 27.7. The van der Waals surface area contributed by atoms with Crippen molar-refractivity contribution in [2.45, 2.75) is 319 Å². The van der Waals surface area contributed by atoms with Gasteiger partial charge in [0.15, 0.2) is 12.6 Å². The number of unbranched alkanes of at least 4 members (excludes halogenated alkanes) is 32. The maximum atomic E-state index is 13.2. The first-order valence-corrected chi connectivity index (χ1v) is 28.3. The minimum Gasteiger partial charge on any atom is -0.394 e. The van der Waals surface area contributed by atoms with Crippen molar-refractivity contribution >= 4 is 5.91 Å². The van der Waals surface area contributed by atoms with Crippen LogP contribution in [-0.4, -0.2) is 140 Å². The highest BCUT2D eigenvalue weighted by Gasteiger charge is 2.51. The van der Waals surface area contributed by atoms with Crippen molar-refractivity contribution < 1.29 is 64.6 Å². The van der Waals surface area contributed by atoms with Crippen LogP contribution in [0.3, 0.4) is 0 Å². The fourth-order valence-electron chi connectivity index (χ4n) is 9.71. The Kier molecular flexibility index (Phi) is 38.5. The fourth-order valence-corrected chi connectivity index (χ4v) is 9.71. The van der Waals surface area contributed by atoms with Crippen LogP contribution in [0.15, 0.2) is 0 Å². The van der Waals surface area contributed by atoms with Gasteiger partial charge in [0.2, 0.25) is 5.91 Å². The first-order chi connectivity index (χ1) is 33.1. The van der Waals surface area contributed by atoms with E-state index in [2.05, 4.69) is 19.2 Å². The quantitative estimate of drug-likeness (QED) is 0.0261. The molecule has 2 rings (SSSR count). The lowest BCUT2D eigenvalue weighted by atomic mass is 9.97. The van der Waals surface area contributed by atoms with E-state index in [4.69, 9.17) is 18.9 Å². The number of nitrogens with one attached hydrogen (secondary N) is 1. The van der Waals surface area contributed by atoms with E-state index in [1.165, 1.54) is 167 Å². The molecule has 12 atom stereocenters. The maximum Gasteiger partial charge on any atom is 0.220 e. The molecule has 0 aromatic rings. The third-order valence-corrected chi connectivity index (χ3v) is 14.3. The summed E-state index contributed by atoms with van der Waals surface area (Å²) < 4.78 is 22.8. The number of carbonyl (C=O) groups is 1. The van der Waals surface area contributed by atoms with Gasteiger partial charge in [-0.25, -0.2) is 0 Å². The van der Waals surface area contributed by atoms with Crippen molar-refractivity contribution in [1.29, 1.82) is 0 Å². The predicted octanol–water partition coefficient (Wildman–Crippen LogP) is 8.56. The normalized spacial score (nSPS) is 26.3. The zero-order valence-electron chi connectivity index (χ0n) is 43.1. The molecule has 68 heavy (non-hydrogen) atoms. The van der Waals surface area contributed by atoms with Crippen LogP contribution in [0.4, 0.5) is 0 Å². The minimum atomic E-state index is -1.78. The molecule has 2 aliphatic heterocycles. The van der Waals surface area contributed by atoms with Gasteiger partial charge in [-0.3, -0.25) is 4.79 Å². The molecule has 14 nitrogen and oxygen atoms in total. The van der Waals surface area contributed by atoms with E-state index < -0.39 is 86.8 Å². The van der Waals surface area contributed by atoms with E-state index in [0.717, 1.165) is 51.4 Å². The Labute approximate surface area is 413 Å². The highest BCUT2D eigenvalue weighted by atomic mass is 16.7. The van der Waals surface area contributed by atoms with Crippen LogP contribution >= 0.6 is 0 Å². The number of carbonyl (C=O) groups excluding carboxylic acids is 1. The molecule has 0 spiro atoms. The number of ether oxygens (including phenoxy) is 4. The first kappa shape index (κ1) is 63.1. The number of rotatable bonds is 45. The molecule has 2 saturated heterocycles. The zero-order chi connectivity index (χ0) is 49.6. The molecule has 0 saturated carbocycles. The number of hydrogen-bond acceptors (Lipinski definition) is 13.